The molecular weight excluding hydrogens is 769 g/mol. The molecule has 0 saturated carbocycles. The van der Waals surface area contributed by atoms with Gasteiger partial charge in [-0.1, -0.05) is 131 Å². The fourth-order valence-electron chi connectivity index (χ4n) is 5.88. The standard InChI is InChI=1S/C47H74NO10P/c1-3-5-7-8-9-10-11-12-13-14-15-16-17-18-19-20-21-22-28-32-47(52)58-43(40-57-59(53,54)56-38-37-48)39-55-46(51)31-27-24-23-26-29-41-33-36-45(50)44(41)35-34-42(49)30-25-6-4-2/h5,7,9-10,12-13,15-16,18-19,23,26,33-36,41-44,49H,3-4,6,8,11,14,17,20-22,24-25,27-32,37-40,48H2,1-2H3,(H,53,54)/b7-5-,10-9-,13-12-,16-15-,19-18-,26-23-,35-34+/t41-,42-,43+,44+/m0/s1. The molecule has 0 amide bonds. The summed E-state index contributed by atoms with van der Waals surface area (Å²) in [5.74, 6) is -1.25. The largest absolute Gasteiger partial charge is 0.472 e. The monoisotopic (exact) mass is 844 g/mol. The number of unbranched alkanes of at least 4 members (excludes halogenated alkanes) is 6. The van der Waals surface area contributed by atoms with Gasteiger partial charge in [-0.3, -0.25) is 23.4 Å². The molecule has 11 nitrogen and oxygen atoms in total. The van der Waals surface area contributed by atoms with Gasteiger partial charge in [-0.15, -0.1) is 0 Å². The molecule has 12 heteroatoms. The average Bonchev–Trinajstić information content (AvgIpc) is 3.57. The predicted octanol–water partition coefficient (Wildman–Crippen LogP) is 10.2. The first-order valence-corrected chi connectivity index (χ1v) is 23.3. The van der Waals surface area contributed by atoms with Crippen LogP contribution in [-0.2, 0) is 37.5 Å². The molecule has 332 valence electrons. The van der Waals surface area contributed by atoms with Crippen LogP contribution >= 0.6 is 7.82 Å². The molecule has 1 unspecified atom stereocenters. The van der Waals surface area contributed by atoms with Gasteiger partial charge in [0.05, 0.1) is 19.3 Å². The normalized spacial score (nSPS) is 18.2. The Kier molecular flexibility index (Phi) is 33.1. The summed E-state index contributed by atoms with van der Waals surface area (Å²) in [6.07, 6.45) is 45.0. The van der Waals surface area contributed by atoms with Crippen LogP contribution in [-0.4, -0.2) is 66.3 Å². The number of phosphoric acid groups is 1. The zero-order chi connectivity index (χ0) is 43.2. The van der Waals surface area contributed by atoms with Gasteiger partial charge in [-0.05, 0) is 89.0 Å². The molecule has 0 heterocycles. The number of ketones is 1. The van der Waals surface area contributed by atoms with E-state index in [9.17, 15) is 28.9 Å². The van der Waals surface area contributed by atoms with E-state index in [0.29, 0.717) is 32.1 Å². The SMILES string of the molecule is CC/C=C\C/C=C\C/C=C\C/C=C\C/C=C\CCCCCC(=O)O[C@H](COC(=O)CCC/C=C\C[C@H]1C=CC(=O)[C@@H]1/C=C/[C@@H](O)CCCCC)COP(=O)(O)OCCN. The predicted molar refractivity (Wildman–Crippen MR) is 237 cm³/mol. The van der Waals surface area contributed by atoms with E-state index < -0.39 is 38.6 Å². The van der Waals surface area contributed by atoms with E-state index in [1.54, 1.807) is 12.2 Å². The van der Waals surface area contributed by atoms with Gasteiger partial charge in [0.15, 0.2) is 11.9 Å². The van der Waals surface area contributed by atoms with Gasteiger partial charge in [0.25, 0.3) is 0 Å². The van der Waals surface area contributed by atoms with Crippen LogP contribution in [0.3, 0.4) is 0 Å². The Balaban J connectivity index is 2.39. The molecule has 0 aromatic carbocycles. The first-order chi connectivity index (χ1) is 28.6. The number of phosphoric ester groups is 1. The van der Waals surface area contributed by atoms with Crippen molar-refractivity contribution >= 4 is 25.5 Å². The summed E-state index contributed by atoms with van der Waals surface area (Å²) in [4.78, 5) is 47.4. The average molecular weight is 844 g/mol. The van der Waals surface area contributed by atoms with E-state index in [0.717, 1.165) is 70.6 Å². The lowest BCUT2D eigenvalue weighted by Crippen LogP contribution is -2.29. The summed E-state index contributed by atoms with van der Waals surface area (Å²) in [5.41, 5.74) is 5.34. The van der Waals surface area contributed by atoms with E-state index in [-0.39, 0.29) is 50.2 Å². The molecule has 0 aromatic heterocycles. The van der Waals surface area contributed by atoms with Crippen LogP contribution < -0.4 is 5.73 Å². The highest BCUT2D eigenvalue weighted by atomic mass is 31.2. The minimum absolute atomic E-state index is 0.0135. The van der Waals surface area contributed by atoms with E-state index in [1.165, 1.54) is 0 Å². The number of carbonyl (C=O) groups excluding carboxylic acids is 3. The molecule has 59 heavy (non-hydrogen) atoms. The number of carbonyl (C=O) groups is 3. The lowest BCUT2D eigenvalue weighted by atomic mass is 9.90. The number of hydrogen-bond acceptors (Lipinski definition) is 10. The number of hydrogen-bond donors (Lipinski definition) is 3. The molecule has 0 spiro atoms. The third-order valence-electron chi connectivity index (χ3n) is 9.20. The zero-order valence-corrected chi connectivity index (χ0v) is 36.7. The summed E-state index contributed by atoms with van der Waals surface area (Å²) >= 11 is 0. The number of ether oxygens (including phenoxy) is 2. The first-order valence-electron chi connectivity index (χ1n) is 21.8. The number of nitrogens with two attached hydrogens (primary N) is 1. The second kappa shape index (κ2) is 36.4. The van der Waals surface area contributed by atoms with Gasteiger partial charge >= 0.3 is 19.8 Å². The molecule has 0 fully saturated rings. The summed E-state index contributed by atoms with van der Waals surface area (Å²) in [7, 11) is -4.44. The molecule has 0 aliphatic heterocycles. The second-order valence-corrected chi connectivity index (χ2v) is 15.9. The van der Waals surface area contributed by atoms with Crippen molar-refractivity contribution in [1.29, 1.82) is 0 Å². The smallest absolute Gasteiger partial charge is 0.462 e. The van der Waals surface area contributed by atoms with Crippen LogP contribution in [0, 0.1) is 11.8 Å². The van der Waals surface area contributed by atoms with Crippen molar-refractivity contribution in [3.8, 4) is 0 Å². The summed E-state index contributed by atoms with van der Waals surface area (Å²) in [5, 5.41) is 10.2. The summed E-state index contributed by atoms with van der Waals surface area (Å²) < 4.78 is 32.7. The molecule has 4 N–H and O–H groups in total. The molecular formula is C47H74NO10P. The Morgan fingerprint density at radius 2 is 1.41 bits per heavy atom. The molecule has 5 atom stereocenters. The van der Waals surface area contributed by atoms with E-state index in [1.807, 2.05) is 24.3 Å². The fraction of sp³-hybridized carbons (Fsp3) is 0.596. The van der Waals surface area contributed by atoms with Gasteiger partial charge in [0.2, 0.25) is 0 Å². The molecule has 0 aromatic rings. The topological polar surface area (TPSA) is 172 Å². The van der Waals surface area contributed by atoms with Crippen LogP contribution in [0.25, 0.3) is 0 Å². The number of rotatable bonds is 36. The Bertz CT molecular complexity index is 1430. The molecule has 0 bridgehead atoms. The fourth-order valence-corrected chi connectivity index (χ4v) is 6.65. The van der Waals surface area contributed by atoms with Gasteiger partial charge in [0, 0.05) is 25.3 Å². The van der Waals surface area contributed by atoms with E-state index in [4.69, 9.17) is 24.3 Å². The van der Waals surface area contributed by atoms with Gasteiger partial charge in [-0.2, -0.15) is 0 Å². The highest BCUT2D eigenvalue weighted by molar-refractivity contribution is 7.47. The molecule has 1 aliphatic rings. The van der Waals surface area contributed by atoms with Gasteiger partial charge in [-0.25, -0.2) is 4.57 Å². The summed E-state index contributed by atoms with van der Waals surface area (Å²) in [6, 6.07) is 0. The Morgan fingerprint density at radius 1 is 0.780 bits per heavy atom. The number of allylic oxidation sites excluding steroid dienone is 15. The maximum Gasteiger partial charge on any atom is 0.472 e. The first kappa shape index (κ1) is 53.6. The number of esters is 2. The highest BCUT2D eigenvalue weighted by Crippen LogP contribution is 2.43. The minimum Gasteiger partial charge on any atom is -0.462 e. The Labute approximate surface area is 354 Å². The molecule has 0 radical (unpaired) electrons. The van der Waals surface area contributed by atoms with Crippen LogP contribution in [0.2, 0.25) is 0 Å². The quantitative estimate of drug-likeness (QED) is 0.0237. The number of aliphatic hydroxyl groups is 1. The van der Waals surface area contributed by atoms with E-state index in [2.05, 4.69) is 74.6 Å². The van der Waals surface area contributed by atoms with E-state index >= 15 is 0 Å². The van der Waals surface area contributed by atoms with Crippen LogP contribution in [0.1, 0.15) is 129 Å². The zero-order valence-electron chi connectivity index (χ0n) is 35.8. The minimum atomic E-state index is -4.44. The van der Waals surface area contributed by atoms with Crippen molar-refractivity contribution < 1.29 is 47.5 Å². The maximum atomic E-state index is 12.6. The molecule has 1 rings (SSSR count). The Hall–Kier alpha value is -3.44. The number of aliphatic hydroxyl groups excluding tert-OH is 1. The highest BCUT2D eigenvalue weighted by Gasteiger charge is 2.27. The van der Waals surface area contributed by atoms with Gasteiger partial charge < -0.3 is 25.2 Å². The third-order valence-corrected chi connectivity index (χ3v) is 10.2. The van der Waals surface area contributed by atoms with Crippen molar-refractivity contribution in [1.82, 2.24) is 0 Å². The molecule has 0 saturated heterocycles. The lowest BCUT2D eigenvalue weighted by molar-refractivity contribution is -0.161. The Morgan fingerprint density at radius 3 is 2.07 bits per heavy atom. The molecule has 1 aliphatic carbocycles. The van der Waals surface area contributed by atoms with Crippen molar-refractivity contribution in [3.05, 3.63) is 97.2 Å². The lowest BCUT2D eigenvalue weighted by Gasteiger charge is -2.19. The maximum absolute atomic E-state index is 12.6. The van der Waals surface area contributed by atoms with Gasteiger partial charge in [0.1, 0.15) is 6.61 Å². The van der Waals surface area contributed by atoms with Crippen molar-refractivity contribution in [2.24, 2.45) is 17.6 Å². The van der Waals surface area contributed by atoms with Crippen LogP contribution in [0.4, 0.5) is 0 Å². The van der Waals surface area contributed by atoms with Crippen LogP contribution in [0.5, 0.6) is 0 Å². The van der Waals surface area contributed by atoms with Crippen molar-refractivity contribution in [3.63, 3.8) is 0 Å². The van der Waals surface area contributed by atoms with Crippen LogP contribution in [0.15, 0.2) is 97.2 Å². The van der Waals surface area contributed by atoms with Crippen molar-refractivity contribution in [2.45, 2.75) is 142 Å². The third kappa shape index (κ3) is 31.2. The second-order valence-electron chi connectivity index (χ2n) is 14.5. The summed E-state index contributed by atoms with van der Waals surface area (Å²) in [6.45, 7) is 3.22. The van der Waals surface area contributed by atoms with Crippen molar-refractivity contribution in [2.75, 3.05) is 26.4 Å².